The highest BCUT2D eigenvalue weighted by atomic mass is 79.9. The topological polar surface area (TPSA) is 52.0 Å². The number of aromatic nitrogens is 1. The van der Waals surface area contributed by atoms with Crippen LogP contribution >= 0.6 is 43.2 Å². The number of nitrogens with two attached hydrogens (primary N) is 1. The van der Waals surface area contributed by atoms with Gasteiger partial charge >= 0.3 is 0 Å². The zero-order valence-electron chi connectivity index (χ0n) is 8.41. The van der Waals surface area contributed by atoms with Gasteiger partial charge in [-0.2, -0.15) is 0 Å². The first-order valence-electron chi connectivity index (χ1n) is 4.75. The lowest BCUT2D eigenvalue weighted by Crippen LogP contribution is -1.81. The molecule has 0 aliphatic heterocycles. The van der Waals surface area contributed by atoms with Crippen LogP contribution in [0.2, 0.25) is 0 Å². The van der Waals surface area contributed by atoms with Crippen molar-refractivity contribution in [3.8, 4) is 11.5 Å². The van der Waals surface area contributed by atoms with Gasteiger partial charge in [0.2, 0.25) is 5.89 Å². The summed E-state index contributed by atoms with van der Waals surface area (Å²) in [6.07, 6.45) is 0. The predicted molar refractivity (Wildman–Crippen MR) is 77.1 cm³/mol. The second kappa shape index (κ2) is 4.12. The van der Waals surface area contributed by atoms with Crippen LogP contribution in [0.1, 0.15) is 0 Å². The lowest BCUT2D eigenvalue weighted by molar-refractivity contribution is 0.620. The Bertz CT molecular complexity index is 705. The first-order chi connectivity index (χ1) is 8.13. The van der Waals surface area contributed by atoms with Gasteiger partial charge in [-0.3, -0.25) is 0 Å². The van der Waals surface area contributed by atoms with Gasteiger partial charge in [0.25, 0.3) is 0 Å². The van der Waals surface area contributed by atoms with Gasteiger partial charge in [-0.25, -0.2) is 4.98 Å². The molecule has 0 aliphatic carbocycles. The highest BCUT2D eigenvalue weighted by Gasteiger charge is 2.14. The molecular weight excluding hydrogens is 368 g/mol. The number of nitrogen functional groups attached to an aromatic ring is 1. The van der Waals surface area contributed by atoms with Gasteiger partial charge in [0.15, 0.2) is 5.58 Å². The maximum Gasteiger partial charge on any atom is 0.229 e. The van der Waals surface area contributed by atoms with Crippen LogP contribution in [0.15, 0.2) is 36.3 Å². The lowest BCUT2D eigenvalue weighted by Gasteiger charge is -1.89. The average molecular weight is 374 g/mol. The number of oxazole rings is 1. The predicted octanol–water partition coefficient (Wildman–Crippen LogP) is 4.66. The van der Waals surface area contributed by atoms with Crippen LogP contribution in [-0.2, 0) is 0 Å². The van der Waals surface area contributed by atoms with E-state index in [0.29, 0.717) is 17.2 Å². The zero-order valence-corrected chi connectivity index (χ0v) is 12.4. The summed E-state index contributed by atoms with van der Waals surface area (Å²) in [5.74, 6) is 0.597. The Hall–Kier alpha value is -0.850. The Labute approximate surface area is 118 Å². The Balaban J connectivity index is 2.21. The van der Waals surface area contributed by atoms with Gasteiger partial charge in [-0.15, -0.1) is 11.3 Å². The van der Waals surface area contributed by atoms with Crippen molar-refractivity contribution in [2.45, 2.75) is 0 Å². The van der Waals surface area contributed by atoms with E-state index < -0.39 is 0 Å². The number of fused-ring (bicyclic) bond motifs is 1. The van der Waals surface area contributed by atoms with E-state index >= 15 is 0 Å². The Morgan fingerprint density at radius 3 is 2.76 bits per heavy atom. The number of hydrogen-bond acceptors (Lipinski definition) is 4. The number of rotatable bonds is 1. The van der Waals surface area contributed by atoms with Crippen molar-refractivity contribution < 1.29 is 4.42 Å². The molecule has 2 heterocycles. The van der Waals surface area contributed by atoms with Crippen molar-refractivity contribution in [1.82, 2.24) is 4.98 Å². The fraction of sp³-hybridized carbons (Fsp3) is 0. The monoisotopic (exact) mass is 372 g/mol. The number of nitrogens with zero attached hydrogens (tertiary/aromatic N) is 1. The summed E-state index contributed by atoms with van der Waals surface area (Å²) in [6, 6.07) is 7.42. The molecule has 2 aromatic heterocycles. The Morgan fingerprint density at radius 2 is 2.06 bits per heavy atom. The molecule has 0 saturated heterocycles. The molecule has 6 heteroatoms. The lowest BCUT2D eigenvalue weighted by atomic mass is 10.3. The van der Waals surface area contributed by atoms with Crippen LogP contribution in [0.3, 0.4) is 0 Å². The highest BCUT2D eigenvalue weighted by Crippen LogP contribution is 2.39. The summed E-state index contributed by atoms with van der Waals surface area (Å²) in [7, 11) is 0. The van der Waals surface area contributed by atoms with Crippen molar-refractivity contribution in [3.05, 3.63) is 31.8 Å². The van der Waals surface area contributed by atoms with E-state index in [1.54, 1.807) is 17.4 Å². The molecule has 0 unspecified atom stereocenters. The van der Waals surface area contributed by atoms with Gasteiger partial charge in [0.05, 0.1) is 13.1 Å². The Morgan fingerprint density at radius 1 is 1.24 bits per heavy atom. The molecule has 0 spiro atoms. The largest absolute Gasteiger partial charge is 0.436 e. The maximum atomic E-state index is 5.70. The molecule has 0 radical (unpaired) electrons. The molecule has 3 nitrogen and oxygen atoms in total. The quantitative estimate of drug-likeness (QED) is 0.631. The van der Waals surface area contributed by atoms with Gasteiger partial charge in [0.1, 0.15) is 5.52 Å². The Kier molecular flexibility index (Phi) is 2.72. The molecule has 17 heavy (non-hydrogen) atoms. The minimum absolute atomic E-state index is 0.597. The first kappa shape index (κ1) is 11.3. The van der Waals surface area contributed by atoms with Crippen LogP contribution in [0.5, 0.6) is 0 Å². The van der Waals surface area contributed by atoms with Crippen LogP contribution in [0.4, 0.5) is 5.69 Å². The van der Waals surface area contributed by atoms with Crippen molar-refractivity contribution in [1.29, 1.82) is 0 Å². The minimum atomic E-state index is 0.597. The van der Waals surface area contributed by atoms with Crippen molar-refractivity contribution in [3.63, 3.8) is 0 Å². The second-order valence-corrected chi connectivity index (χ2v) is 7.23. The number of benzene rings is 1. The molecule has 86 valence electrons. The van der Waals surface area contributed by atoms with E-state index in [9.17, 15) is 0 Å². The van der Waals surface area contributed by atoms with Gasteiger partial charge in [-0.1, -0.05) is 0 Å². The molecule has 3 rings (SSSR count). The fourth-order valence-electron chi connectivity index (χ4n) is 1.54. The molecule has 0 amide bonds. The van der Waals surface area contributed by atoms with E-state index in [-0.39, 0.29) is 0 Å². The number of hydrogen-bond donors (Lipinski definition) is 1. The summed E-state index contributed by atoms with van der Waals surface area (Å²) in [6.45, 7) is 0. The van der Waals surface area contributed by atoms with Crippen LogP contribution in [0.25, 0.3) is 22.6 Å². The normalized spacial score (nSPS) is 11.2. The van der Waals surface area contributed by atoms with Crippen LogP contribution in [-0.4, -0.2) is 4.98 Å². The van der Waals surface area contributed by atoms with Crippen molar-refractivity contribution in [2.75, 3.05) is 5.73 Å². The molecule has 0 atom stereocenters. The summed E-state index contributed by atoms with van der Waals surface area (Å²) in [4.78, 5) is 4.43. The van der Waals surface area contributed by atoms with Crippen molar-refractivity contribution >= 4 is 60.0 Å². The summed E-state index contributed by atoms with van der Waals surface area (Å²) in [5, 5.41) is 0. The molecule has 0 saturated carbocycles. The number of halogens is 2. The third-order valence-electron chi connectivity index (χ3n) is 2.30. The third-order valence-corrected chi connectivity index (χ3v) is 4.64. The smallest absolute Gasteiger partial charge is 0.229 e. The maximum absolute atomic E-state index is 5.70. The SMILES string of the molecule is Nc1ccc2nc(-c3cc(Br)sc3Br)oc2c1. The summed E-state index contributed by atoms with van der Waals surface area (Å²) in [5.41, 5.74) is 8.83. The van der Waals surface area contributed by atoms with Gasteiger partial charge in [-0.05, 0) is 50.1 Å². The molecular formula is C11H6Br2N2OS. The highest BCUT2D eigenvalue weighted by molar-refractivity contribution is 9.12. The van der Waals surface area contributed by atoms with Crippen LogP contribution < -0.4 is 5.73 Å². The van der Waals surface area contributed by atoms with E-state index in [1.807, 2.05) is 18.2 Å². The molecule has 1 aromatic carbocycles. The molecule has 0 fully saturated rings. The standard InChI is InChI=1S/C11H6Br2N2OS/c12-9-4-6(10(13)17-9)11-15-7-2-1-5(14)3-8(7)16-11/h1-4H,14H2. The van der Waals surface area contributed by atoms with E-state index in [1.165, 1.54) is 0 Å². The molecule has 0 aliphatic rings. The van der Waals surface area contributed by atoms with Gasteiger partial charge in [0, 0.05) is 11.8 Å². The first-order valence-corrected chi connectivity index (χ1v) is 7.15. The summed E-state index contributed by atoms with van der Waals surface area (Å²) < 4.78 is 7.71. The van der Waals surface area contributed by atoms with E-state index in [4.69, 9.17) is 10.2 Å². The number of thiophene rings is 1. The third kappa shape index (κ3) is 2.00. The van der Waals surface area contributed by atoms with Crippen LogP contribution in [0, 0.1) is 0 Å². The number of anilines is 1. The molecule has 0 bridgehead atoms. The fourth-order valence-corrected chi connectivity index (χ4v) is 4.32. The summed E-state index contributed by atoms with van der Waals surface area (Å²) >= 11 is 8.51. The average Bonchev–Trinajstić information content (AvgIpc) is 2.80. The van der Waals surface area contributed by atoms with E-state index in [0.717, 1.165) is 18.7 Å². The molecule has 2 N–H and O–H groups in total. The zero-order chi connectivity index (χ0) is 12.0. The van der Waals surface area contributed by atoms with E-state index in [2.05, 4.69) is 36.8 Å². The van der Waals surface area contributed by atoms with Gasteiger partial charge < -0.3 is 10.2 Å². The molecule has 3 aromatic rings. The van der Waals surface area contributed by atoms with Crippen molar-refractivity contribution in [2.24, 2.45) is 0 Å². The second-order valence-electron chi connectivity index (χ2n) is 3.48. The minimum Gasteiger partial charge on any atom is -0.436 e.